The number of carbonyl (C=O) groups is 1. The van der Waals surface area contributed by atoms with E-state index in [1.165, 1.54) is 22.3 Å². The standard InChI is InChI=1S/C26H34O/c1-6-12-24-16-15-22(17-21-13-10-9-11-14-21)18-25(24)19(4)20(5)26(27)23(7-2)8-3/h9-11,13-16,18,23H,6-8,12,17H2,1-5H3/b20-19+. The first-order valence-electron chi connectivity index (χ1n) is 10.4. The Morgan fingerprint density at radius 3 is 2.15 bits per heavy atom. The van der Waals surface area contributed by atoms with E-state index < -0.39 is 0 Å². The van der Waals surface area contributed by atoms with Crippen LogP contribution in [-0.2, 0) is 17.6 Å². The van der Waals surface area contributed by atoms with E-state index in [0.717, 1.165) is 43.3 Å². The third kappa shape index (κ3) is 5.42. The van der Waals surface area contributed by atoms with E-state index in [1.807, 2.05) is 6.92 Å². The number of carbonyl (C=O) groups excluding carboxylic acids is 1. The van der Waals surface area contributed by atoms with Gasteiger partial charge in [-0.25, -0.2) is 0 Å². The van der Waals surface area contributed by atoms with E-state index >= 15 is 0 Å². The number of Topliss-reactive ketones (excluding diaryl/α,β-unsaturated/α-hetero) is 1. The van der Waals surface area contributed by atoms with Crippen molar-refractivity contribution in [1.29, 1.82) is 0 Å². The number of rotatable bonds is 9. The van der Waals surface area contributed by atoms with Gasteiger partial charge >= 0.3 is 0 Å². The van der Waals surface area contributed by atoms with Gasteiger partial charge in [-0.2, -0.15) is 0 Å². The Morgan fingerprint density at radius 1 is 0.889 bits per heavy atom. The summed E-state index contributed by atoms with van der Waals surface area (Å²) < 4.78 is 0. The maximum absolute atomic E-state index is 12.9. The molecule has 0 fully saturated rings. The van der Waals surface area contributed by atoms with E-state index in [9.17, 15) is 4.79 Å². The van der Waals surface area contributed by atoms with Crippen molar-refractivity contribution in [2.75, 3.05) is 0 Å². The molecule has 2 aromatic carbocycles. The highest BCUT2D eigenvalue weighted by atomic mass is 16.1. The minimum atomic E-state index is 0.141. The van der Waals surface area contributed by atoms with Crippen molar-refractivity contribution in [3.05, 3.63) is 76.4 Å². The van der Waals surface area contributed by atoms with Gasteiger partial charge in [0.1, 0.15) is 0 Å². The molecular weight excluding hydrogens is 328 g/mol. The third-order valence-corrected chi connectivity index (χ3v) is 5.64. The van der Waals surface area contributed by atoms with Crippen molar-refractivity contribution < 1.29 is 4.79 Å². The van der Waals surface area contributed by atoms with Crippen LogP contribution in [0.3, 0.4) is 0 Å². The summed E-state index contributed by atoms with van der Waals surface area (Å²) in [6.45, 7) is 10.6. The van der Waals surface area contributed by atoms with E-state index in [-0.39, 0.29) is 5.92 Å². The fourth-order valence-electron chi connectivity index (χ4n) is 3.75. The van der Waals surface area contributed by atoms with Crippen LogP contribution in [0.15, 0.2) is 54.1 Å². The third-order valence-electron chi connectivity index (χ3n) is 5.64. The van der Waals surface area contributed by atoms with Crippen molar-refractivity contribution in [3.63, 3.8) is 0 Å². The SMILES string of the molecule is CCCc1ccc(Cc2ccccc2)cc1/C(C)=C(\C)C(=O)C(CC)CC. The zero-order valence-corrected chi connectivity index (χ0v) is 17.6. The Hall–Kier alpha value is -2.15. The highest BCUT2D eigenvalue weighted by molar-refractivity contribution is 6.03. The first-order valence-corrected chi connectivity index (χ1v) is 10.4. The Morgan fingerprint density at radius 2 is 1.56 bits per heavy atom. The van der Waals surface area contributed by atoms with E-state index in [2.05, 4.69) is 76.2 Å². The van der Waals surface area contributed by atoms with Crippen LogP contribution in [0.1, 0.15) is 76.1 Å². The Bertz CT molecular complexity index is 779. The lowest BCUT2D eigenvalue weighted by Gasteiger charge is -2.17. The van der Waals surface area contributed by atoms with Gasteiger partial charge in [0.25, 0.3) is 0 Å². The molecule has 0 saturated carbocycles. The molecule has 0 aromatic heterocycles. The van der Waals surface area contributed by atoms with Gasteiger partial charge in [0.15, 0.2) is 5.78 Å². The molecule has 0 saturated heterocycles. The molecule has 0 aliphatic rings. The van der Waals surface area contributed by atoms with Crippen LogP contribution in [0.2, 0.25) is 0 Å². The first kappa shape index (κ1) is 21.2. The normalized spacial score (nSPS) is 12.2. The molecule has 0 N–H and O–H groups in total. The number of ketones is 1. The lowest BCUT2D eigenvalue weighted by atomic mass is 9.86. The molecule has 0 radical (unpaired) electrons. The Kier molecular flexibility index (Phi) is 8.03. The second-order valence-electron chi connectivity index (χ2n) is 7.53. The zero-order valence-electron chi connectivity index (χ0n) is 17.6. The van der Waals surface area contributed by atoms with Crippen molar-refractivity contribution in [1.82, 2.24) is 0 Å². The predicted molar refractivity (Wildman–Crippen MR) is 117 cm³/mol. The maximum atomic E-state index is 12.9. The van der Waals surface area contributed by atoms with Gasteiger partial charge in [-0.3, -0.25) is 4.79 Å². The van der Waals surface area contributed by atoms with E-state index in [1.54, 1.807) is 0 Å². The lowest BCUT2D eigenvalue weighted by molar-refractivity contribution is -0.119. The number of benzene rings is 2. The van der Waals surface area contributed by atoms with Crippen molar-refractivity contribution in [3.8, 4) is 0 Å². The number of aryl methyl sites for hydroxylation is 1. The summed E-state index contributed by atoms with van der Waals surface area (Å²) in [5.41, 5.74) is 7.30. The molecule has 2 aromatic rings. The van der Waals surface area contributed by atoms with Crippen LogP contribution in [0.25, 0.3) is 5.57 Å². The molecule has 0 spiro atoms. The molecule has 0 atom stereocenters. The van der Waals surface area contributed by atoms with E-state index in [4.69, 9.17) is 0 Å². The summed E-state index contributed by atoms with van der Waals surface area (Å²) in [6.07, 6.45) is 4.90. The Labute approximate surface area is 165 Å². The molecule has 1 nitrogen and oxygen atoms in total. The second-order valence-corrected chi connectivity index (χ2v) is 7.53. The van der Waals surface area contributed by atoms with Gasteiger partial charge < -0.3 is 0 Å². The van der Waals surface area contributed by atoms with Gasteiger partial charge in [-0.05, 0) is 72.9 Å². The summed E-state index contributed by atoms with van der Waals surface area (Å²) in [5.74, 6) is 0.454. The number of allylic oxidation sites excluding steroid dienone is 2. The van der Waals surface area contributed by atoms with Crippen molar-refractivity contribution in [2.45, 2.75) is 66.7 Å². The first-order chi connectivity index (χ1) is 13.0. The monoisotopic (exact) mass is 362 g/mol. The van der Waals surface area contributed by atoms with Crippen LogP contribution >= 0.6 is 0 Å². The molecule has 0 bridgehead atoms. The van der Waals surface area contributed by atoms with Crippen LogP contribution in [0.4, 0.5) is 0 Å². The van der Waals surface area contributed by atoms with Crippen LogP contribution in [0, 0.1) is 5.92 Å². The van der Waals surface area contributed by atoms with Crippen molar-refractivity contribution >= 4 is 11.4 Å². The maximum Gasteiger partial charge on any atom is 0.161 e. The van der Waals surface area contributed by atoms with Gasteiger partial charge in [0, 0.05) is 5.92 Å². The highest BCUT2D eigenvalue weighted by Gasteiger charge is 2.19. The van der Waals surface area contributed by atoms with Crippen LogP contribution < -0.4 is 0 Å². The molecule has 0 heterocycles. The quantitative estimate of drug-likeness (QED) is 0.438. The molecule has 0 unspecified atom stereocenters. The Balaban J connectivity index is 2.43. The summed E-state index contributed by atoms with van der Waals surface area (Å²) in [4.78, 5) is 12.9. The topological polar surface area (TPSA) is 17.1 Å². The summed E-state index contributed by atoms with van der Waals surface area (Å²) in [5, 5.41) is 0. The fraction of sp³-hybridized carbons (Fsp3) is 0.423. The molecule has 0 aliphatic heterocycles. The molecule has 0 aliphatic carbocycles. The lowest BCUT2D eigenvalue weighted by Crippen LogP contribution is -2.15. The summed E-state index contributed by atoms with van der Waals surface area (Å²) >= 11 is 0. The predicted octanol–water partition coefficient (Wildman–Crippen LogP) is 7.03. The van der Waals surface area contributed by atoms with Gasteiger partial charge in [-0.15, -0.1) is 0 Å². The average molecular weight is 363 g/mol. The largest absolute Gasteiger partial charge is 0.294 e. The van der Waals surface area contributed by atoms with E-state index in [0.29, 0.717) is 5.78 Å². The molecule has 2 rings (SSSR count). The van der Waals surface area contributed by atoms with Gasteiger partial charge in [-0.1, -0.05) is 75.7 Å². The fourth-order valence-corrected chi connectivity index (χ4v) is 3.75. The summed E-state index contributed by atoms with van der Waals surface area (Å²) in [6, 6.07) is 17.4. The average Bonchev–Trinajstić information content (AvgIpc) is 2.69. The summed E-state index contributed by atoms with van der Waals surface area (Å²) in [7, 11) is 0. The van der Waals surface area contributed by atoms with Gasteiger partial charge in [0.05, 0.1) is 0 Å². The zero-order chi connectivity index (χ0) is 19.8. The van der Waals surface area contributed by atoms with Crippen LogP contribution in [-0.4, -0.2) is 5.78 Å². The number of hydrogen-bond acceptors (Lipinski definition) is 1. The highest BCUT2D eigenvalue weighted by Crippen LogP contribution is 2.28. The number of hydrogen-bond donors (Lipinski definition) is 0. The van der Waals surface area contributed by atoms with Crippen molar-refractivity contribution in [2.24, 2.45) is 5.92 Å². The molecule has 0 amide bonds. The minimum absolute atomic E-state index is 0.141. The molecular formula is C26H34O. The van der Waals surface area contributed by atoms with Gasteiger partial charge in [0.2, 0.25) is 0 Å². The van der Waals surface area contributed by atoms with Crippen LogP contribution in [0.5, 0.6) is 0 Å². The smallest absolute Gasteiger partial charge is 0.161 e. The second kappa shape index (κ2) is 10.3. The minimum Gasteiger partial charge on any atom is -0.294 e. The molecule has 27 heavy (non-hydrogen) atoms. The molecule has 1 heteroatoms. The molecule has 144 valence electrons.